The molecule has 1 aromatic heterocycles. The predicted octanol–water partition coefficient (Wildman–Crippen LogP) is 3.76. The van der Waals surface area contributed by atoms with E-state index in [-0.39, 0.29) is 5.78 Å². The lowest BCUT2D eigenvalue weighted by Gasteiger charge is -2.08. The molecule has 0 saturated carbocycles. The molecule has 0 amide bonds. The summed E-state index contributed by atoms with van der Waals surface area (Å²) in [6, 6.07) is 7.55. The third-order valence-corrected chi connectivity index (χ3v) is 4.02. The Morgan fingerprint density at radius 2 is 1.63 bits per heavy atom. The summed E-state index contributed by atoms with van der Waals surface area (Å²) in [4.78, 5) is 21.4. The van der Waals surface area contributed by atoms with Gasteiger partial charge in [0.1, 0.15) is 0 Å². The fourth-order valence-electron chi connectivity index (χ4n) is 1.73. The van der Waals surface area contributed by atoms with Gasteiger partial charge in [-0.1, -0.05) is 18.2 Å². The van der Waals surface area contributed by atoms with Crippen molar-refractivity contribution in [1.82, 2.24) is 9.97 Å². The molecule has 0 N–H and O–H groups in total. The van der Waals surface area contributed by atoms with E-state index in [4.69, 9.17) is 0 Å². The first kappa shape index (κ1) is 13.7. The van der Waals surface area contributed by atoms with Crippen molar-refractivity contribution in [1.29, 1.82) is 0 Å². The summed E-state index contributed by atoms with van der Waals surface area (Å²) in [7, 11) is 0. The molecule has 0 radical (unpaired) electrons. The third-order valence-electron chi connectivity index (χ3n) is 3.08. The minimum Gasteiger partial charge on any atom is -0.294 e. The van der Waals surface area contributed by atoms with Crippen LogP contribution in [0.4, 0.5) is 0 Å². The molecule has 0 spiro atoms. The van der Waals surface area contributed by atoms with E-state index in [1.54, 1.807) is 6.92 Å². The molecule has 3 nitrogen and oxygen atoms in total. The van der Waals surface area contributed by atoms with Crippen LogP contribution in [0.25, 0.3) is 0 Å². The molecular formula is C15H16N2OS. The molecule has 1 aromatic carbocycles. The summed E-state index contributed by atoms with van der Waals surface area (Å²) in [5.41, 5.74) is 3.79. The van der Waals surface area contributed by atoms with Crippen molar-refractivity contribution in [2.45, 2.75) is 37.7 Å². The minimum absolute atomic E-state index is 0.0589. The number of nitrogens with zero attached hydrogens (tertiary/aromatic N) is 2. The molecule has 0 aliphatic carbocycles. The van der Waals surface area contributed by atoms with Crippen LogP contribution in [0.15, 0.2) is 34.3 Å². The van der Waals surface area contributed by atoms with E-state index in [0.717, 1.165) is 21.8 Å². The van der Waals surface area contributed by atoms with Gasteiger partial charge in [-0.3, -0.25) is 4.79 Å². The molecule has 0 aliphatic heterocycles. The topological polar surface area (TPSA) is 42.9 Å². The van der Waals surface area contributed by atoms with Gasteiger partial charge in [-0.25, -0.2) is 9.97 Å². The number of carbonyl (C=O) groups is 1. The largest absolute Gasteiger partial charge is 0.294 e. The van der Waals surface area contributed by atoms with E-state index in [9.17, 15) is 4.79 Å². The number of rotatable bonds is 3. The molecule has 98 valence electrons. The van der Waals surface area contributed by atoms with Gasteiger partial charge in [-0.2, -0.15) is 0 Å². The van der Waals surface area contributed by atoms with Crippen LogP contribution in [0.1, 0.15) is 34.2 Å². The lowest BCUT2D eigenvalue weighted by Crippen LogP contribution is -1.99. The van der Waals surface area contributed by atoms with E-state index in [2.05, 4.69) is 9.97 Å². The normalized spacial score (nSPS) is 10.5. The molecule has 2 aromatic rings. The Labute approximate surface area is 117 Å². The van der Waals surface area contributed by atoms with Gasteiger partial charge >= 0.3 is 0 Å². The number of carbonyl (C=O) groups excluding carboxylic acids is 1. The van der Waals surface area contributed by atoms with Crippen LogP contribution in [0, 0.1) is 20.8 Å². The maximum atomic E-state index is 11.6. The summed E-state index contributed by atoms with van der Waals surface area (Å²) in [5, 5.41) is 0.689. The van der Waals surface area contributed by atoms with Crippen molar-refractivity contribution < 1.29 is 4.79 Å². The highest BCUT2D eigenvalue weighted by molar-refractivity contribution is 7.99. The number of aryl methyl sites for hydroxylation is 2. The van der Waals surface area contributed by atoms with Gasteiger partial charge in [0.2, 0.25) is 0 Å². The smallest absolute Gasteiger partial charge is 0.192 e. The molecule has 1 heterocycles. The monoisotopic (exact) mass is 272 g/mol. The fraction of sp³-hybridized carbons (Fsp3) is 0.267. The zero-order valence-electron chi connectivity index (χ0n) is 11.5. The Bertz CT molecular complexity index is 615. The number of hydrogen-bond acceptors (Lipinski definition) is 4. The number of aromatic nitrogens is 2. The van der Waals surface area contributed by atoms with Crippen LogP contribution in [0.3, 0.4) is 0 Å². The number of hydrogen-bond donors (Lipinski definition) is 0. The Kier molecular flexibility index (Phi) is 4.00. The lowest BCUT2D eigenvalue weighted by atomic mass is 10.1. The van der Waals surface area contributed by atoms with Crippen LogP contribution in [-0.4, -0.2) is 15.8 Å². The zero-order chi connectivity index (χ0) is 14.0. The first-order chi connectivity index (χ1) is 8.99. The zero-order valence-corrected chi connectivity index (χ0v) is 12.3. The second-order valence-corrected chi connectivity index (χ2v) is 5.47. The molecular weight excluding hydrogens is 256 g/mol. The van der Waals surface area contributed by atoms with Crippen molar-refractivity contribution in [3.8, 4) is 0 Å². The van der Waals surface area contributed by atoms with Crippen molar-refractivity contribution >= 4 is 17.5 Å². The fourth-order valence-corrected chi connectivity index (χ4v) is 2.76. The molecule has 2 rings (SSSR count). The van der Waals surface area contributed by atoms with Gasteiger partial charge in [0.25, 0.3) is 0 Å². The van der Waals surface area contributed by atoms with E-state index in [1.165, 1.54) is 11.8 Å². The van der Waals surface area contributed by atoms with Gasteiger partial charge in [0.05, 0.1) is 0 Å². The molecule has 4 heteroatoms. The van der Waals surface area contributed by atoms with Crippen molar-refractivity contribution in [3.05, 3.63) is 46.8 Å². The average molecular weight is 272 g/mol. The summed E-state index contributed by atoms with van der Waals surface area (Å²) < 4.78 is 0. The van der Waals surface area contributed by atoms with E-state index in [1.807, 2.05) is 45.0 Å². The van der Waals surface area contributed by atoms with E-state index in [0.29, 0.717) is 10.7 Å². The van der Waals surface area contributed by atoms with E-state index < -0.39 is 0 Å². The maximum Gasteiger partial charge on any atom is 0.192 e. The highest BCUT2D eigenvalue weighted by atomic mass is 32.2. The van der Waals surface area contributed by atoms with Crippen LogP contribution in [0.5, 0.6) is 0 Å². The van der Waals surface area contributed by atoms with Gasteiger partial charge in [0.15, 0.2) is 10.9 Å². The maximum absolute atomic E-state index is 11.6. The van der Waals surface area contributed by atoms with Gasteiger partial charge < -0.3 is 0 Å². The minimum atomic E-state index is 0.0589. The second-order valence-electron chi connectivity index (χ2n) is 4.46. The van der Waals surface area contributed by atoms with Crippen molar-refractivity contribution in [3.63, 3.8) is 0 Å². The Hall–Kier alpha value is -1.68. The molecule has 0 unspecified atom stereocenters. The van der Waals surface area contributed by atoms with Gasteiger partial charge in [-0.05, 0) is 51.1 Å². The highest BCUT2D eigenvalue weighted by Crippen LogP contribution is 2.29. The first-order valence-corrected chi connectivity index (χ1v) is 6.90. The van der Waals surface area contributed by atoms with Crippen LogP contribution in [-0.2, 0) is 0 Å². The Morgan fingerprint density at radius 1 is 1.05 bits per heavy atom. The molecule has 0 atom stereocenters. The summed E-state index contributed by atoms with van der Waals surface area (Å²) >= 11 is 1.44. The first-order valence-electron chi connectivity index (χ1n) is 6.08. The summed E-state index contributed by atoms with van der Waals surface area (Å²) in [6.45, 7) is 7.55. The van der Waals surface area contributed by atoms with Crippen molar-refractivity contribution in [2.75, 3.05) is 0 Å². The summed E-state index contributed by atoms with van der Waals surface area (Å²) in [6.07, 6.45) is 0. The van der Waals surface area contributed by atoms with Gasteiger partial charge in [-0.15, -0.1) is 0 Å². The molecule has 0 aliphatic rings. The lowest BCUT2D eigenvalue weighted by molar-refractivity contribution is 0.101. The Morgan fingerprint density at radius 3 is 2.21 bits per heavy atom. The second kappa shape index (κ2) is 5.53. The number of ketones is 1. The van der Waals surface area contributed by atoms with Crippen molar-refractivity contribution in [2.24, 2.45) is 0 Å². The predicted molar refractivity (Wildman–Crippen MR) is 76.8 cm³/mol. The standard InChI is InChI=1S/C15H16N2OS/c1-9-10(2)16-15(17-11(9)3)19-14-8-6-5-7-13(14)12(4)18/h5-8H,1-4H3. The van der Waals surface area contributed by atoms with Crippen LogP contribution >= 0.6 is 11.8 Å². The Balaban J connectivity index is 2.39. The molecule has 0 saturated heterocycles. The quantitative estimate of drug-likeness (QED) is 0.630. The van der Waals surface area contributed by atoms with Gasteiger partial charge in [0, 0.05) is 21.8 Å². The third kappa shape index (κ3) is 3.01. The summed E-state index contributed by atoms with van der Waals surface area (Å²) in [5.74, 6) is 0.0589. The highest BCUT2D eigenvalue weighted by Gasteiger charge is 2.11. The number of Topliss-reactive ketones (excluding diaryl/α,β-unsaturated/α-hetero) is 1. The van der Waals surface area contributed by atoms with Crippen LogP contribution in [0.2, 0.25) is 0 Å². The van der Waals surface area contributed by atoms with Crippen LogP contribution < -0.4 is 0 Å². The average Bonchev–Trinajstić information content (AvgIpc) is 2.36. The number of benzene rings is 1. The molecule has 19 heavy (non-hydrogen) atoms. The molecule has 0 fully saturated rings. The SMILES string of the molecule is CC(=O)c1ccccc1Sc1nc(C)c(C)c(C)n1. The molecule has 0 bridgehead atoms. The van der Waals surface area contributed by atoms with E-state index >= 15 is 0 Å².